The molecule has 0 saturated carbocycles. The summed E-state index contributed by atoms with van der Waals surface area (Å²) < 4.78 is 15.7. The van der Waals surface area contributed by atoms with Gasteiger partial charge in [0.1, 0.15) is 11.5 Å². The van der Waals surface area contributed by atoms with Crippen LogP contribution in [0.5, 0.6) is 0 Å². The lowest BCUT2D eigenvalue weighted by molar-refractivity contribution is 0.102. The molecule has 1 aromatic carbocycles. The van der Waals surface area contributed by atoms with Gasteiger partial charge in [0.05, 0.1) is 22.2 Å². The van der Waals surface area contributed by atoms with Gasteiger partial charge in [0.25, 0.3) is 0 Å². The van der Waals surface area contributed by atoms with Crippen molar-refractivity contribution in [3.8, 4) is 0 Å². The van der Waals surface area contributed by atoms with E-state index in [4.69, 9.17) is 11.6 Å². The second-order valence-electron chi connectivity index (χ2n) is 4.83. The number of likely N-dealkylation sites (N-methyl/N-ethyl adjacent to an activating group) is 1. The minimum Gasteiger partial charge on any atom is -0.308 e. The highest BCUT2D eigenvalue weighted by Crippen LogP contribution is 2.22. The van der Waals surface area contributed by atoms with Crippen molar-refractivity contribution < 1.29 is 9.18 Å². The molecule has 0 N–H and O–H groups in total. The molecule has 4 nitrogen and oxygen atoms in total. The summed E-state index contributed by atoms with van der Waals surface area (Å²) in [5.74, 6) is -0.910. The molecule has 0 atom stereocenters. The summed E-state index contributed by atoms with van der Waals surface area (Å²) in [5.41, 5.74) is 0.641. The first-order valence-electron chi connectivity index (χ1n) is 6.26. The van der Waals surface area contributed by atoms with Gasteiger partial charge in [-0.25, -0.2) is 4.39 Å². The molecule has 0 spiro atoms. The van der Waals surface area contributed by atoms with Crippen LogP contribution < -0.4 is 0 Å². The highest BCUT2D eigenvalue weighted by Gasteiger charge is 2.20. The Morgan fingerprint density at radius 2 is 2.19 bits per heavy atom. The minimum absolute atomic E-state index is 0.00766. The van der Waals surface area contributed by atoms with Gasteiger partial charge < -0.3 is 4.90 Å². The maximum absolute atomic E-state index is 13.5. The summed E-state index contributed by atoms with van der Waals surface area (Å²) in [6.07, 6.45) is 1.56. The van der Waals surface area contributed by atoms with Gasteiger partial charge in [-0.2, -0.15) is 5.10 Å². The first-order valence-corrected chi connectivity index (χ1v) is 7.43. The van der Waals surface area contributed by atoms with Crippen molar-refractivity contribution in [1.29, 1.82) is 0 Å². The molecule has 7 heteroatoms. The van der Waals surface area contributed by atoms with Crippen LogP contribution in [0.1, 0.15) is 16.1 Å². The third kappa shape index (κ3) is 3.70. The molecule has 1 aromatic heterocycles. The molecule has 2 rings (SSSR count). The van der Waals surface area contributed by atoms with Crippen molar-refractivity contribution in [1.82, 2.24) is 14.7 Å². The summed E-state index contributed by atoms with van der Waals surface area (Å²) >= 11 is 8.96. The zero-order valence-corrected chi connectivity index (χ0v) is 13.9. The molecule has 112 valence electrons. The second-order valence-corrected chi connectivity index (χ2v) is 6.09. The maximum Gasteiger partial charge on any atom is 0.212 e. The molecule has 0 fully saturated rings. The monoisotopic (exact) mass is 373 g/mol. The van der Waals surface area contributed by atoms with Crippen molar-refractivity contribution in [3.63, 3.8) is 0 Å². The number of ketones is 1. The van der Waals surface area contributed by atoms with Crippen molar-refractivity contribution in [2.24, 2.45) is 0 Å². The van der Waals surface area contributed by atoms with E-state index in [2.05, 4.69) is 21.0 Å². The van der Waals surface area contributed by atoms with E-state index in [1.165, 1.54) is 12.1 Å². The van der Waals surface area contributed by atoms with E-state index in [1.54, 1.807) is 10.9 Å². The van der Waals surface area contributed by atoms with Gasteiger partial charge in [-0.15, -0.1) is 0 Å². The normalized spacial score (nSPS) is 11.1. The lowest BCUT2D eigenvalue weighted by atomic mass is 10.1. The average Bonchev–Trinajstić information content (AvgIpc) is 2.80. The second kappa shape index (κ2) is 6.68. The van der Waals surface area contributed by atoms with Crippen LogP contribution in [0.3, 0.4) is 0 Å². The smallest absolute Gasteiger partial charge is 0.212 e. The zero-order chi connectivity index (χ0) is 15.6. The predicted octanol–water partition coefficient (Wildman–Crippen LogP) is 3.23. The van der Waals surface area contributed by atoms with Crippen molar-refractivity contribution in [3.05, 3.63) is 51.0 Å². The highest BCUT2D eigenvalue weighted by molar-refractivity contribution is 9.10. The van der Waals surface area contributed by atoms with Gasteiger partial charge in [0.15, 0.2) is 0 Å². The molecule has 0 saturated heterocycles. The fraction of sp³-hybridized carbons (Fsp3) is 0.286. The number of benzene rings is 1. The average molecular weight is 375 g/mol. The number of aromatic nitrogens is 2. The molecule has 0 aliphatic heterocycles. The van der Waals surface area contributed by atoms with E-state index < -0.39 is 5.82 Å². The zero-order valence-electron chi connectivity index (χ0n) is 11.6. The van der Waals surface area contributed by atoms with Crippen LogP contribution in [0.4, 0.5) is 4.39 Å². The molecule has 0 aliphatic rings. The van der Waals surface area contributed by atoms with E-state index >= 15 is 0 Å². The van der Waals surface area contributed by atoms with Crippen LogP contribution in [-0.2, 0) is 6.54 Å². The van der Waals surface area contributed by atoms with Crippen LogP contribution in [0.2, 0.25) is 5.02 Å². The molecule has 0 unspecified atom stereocenters. The van der Waals surface area contributed by atoms with Crippen molar-refractivity contribution in [2.45, 2.75) is 6.54 Å². The summed E-state index contributed by atoms with van der Waals surface area (Å²) in [6, 6.07) is 4.02. The van der Waals surface area contributed by atoms with E-state index in [0.717, 1.165) is 12.6 Å². The first kappa shape index (κ1) is 16.1. The molecule has 0 aliphatic carbocycles. The Balaban J connectivity index is 2.34. The van der Waals surface area contributed by atoms with Gasteiger partial charge >= 0.3 is 0 Å². The minimum atomic E-state index is -0.613. The summed E-state index contributed by atoms with van der Waals surface area (Å²) in [7, 11) is 3.88. The van der Waals surface area contributed by atoms with Gasteiger partial charge in [-0.3, -0.25) is 9.48 Å². The number of hydrogen-bond acceptors (Lipinski definition) is 3. The molecule has 2 aromatic rings. The number of hydrogen-bond donors (Lipinski definition) is 0. The number of nitrogens with zero attached hydrogens (tertiary/aromatic N) is 3. The van der Waals surface area contributed by atoms with Crippen LogP contribution in [0, 0.1) is 5.82 Å². The Kier molecular flexibility index (Phi) is 5.13. The lowest BCUT2D eigenvalue weighted by Gasteiger charge is -2.12. The van der Waals surface area contributed by atoms with Gasteiger partial charge in [-0.05, 0) is 48.2 Å². The van der Waals surface area contributed by atoms with Gasteiger partial charge in [0.2, 0.25) is 5.78 Å². The van der Waals surface area contributed by atoms with Crippen LogP contribution in [0.25, 0.3) is 0 Å². The Morgan fingerprint density at radius 1 is 1.48 bits per heavy atom. The lowest BCUT2D eigenvalue weighted by Crippen LogP contribution is -2.21. The molecular weight excluding hydrogens is 361 g/mol. The number of rotatable bonds is 5. The van der Waals surface area contributed by atoms with Crippen LogP contribution in [-0.4, -0.2) is 41.1 Å². The summed E-state index contributed by atoms with van der Waals surface area (Å²) in [5, 5.41) is 4.17. The fourth-order valence-corrected chi connectivity index (χ4v) is 2.42. The highest BCUT2D eigenvalue weighted by atomic mass is 79.9. The van der Waals surface area contributed by atoms with Crippen molar-refractivity contribution in [2.75, 3.05) is 20.6 Å². The number of carbonyl (C=O) groups excluding carboxylic acids is 1. The standard InChI is InChI=1S/C14H14BrClFN3O/c1-19(2)5-6-20-13(10(15)8-18-20)14(21)9-3-4-11(16)12(17)7-9/h3-4,7-8H,5-6H2,1-2H3. The van der Waals surface area contributed by atoms with Crippen LogP contribution in [0.15, 0.2) is 28.9 Å². The quantitative estimate of drug-likeness (QED) is 0.754. The Labute approximate surface area is 135 Å². The number of carbonyl (C=O) groups is 1. The van der Waals surface area contributed by atoms with E-state index in [9.17, 15) is 9.18 Å². The topological polar surface area (TPSA) is 38.1 Å². The Bertz CT molecular complexity index is 672. The SMILES string of the molecule is CN(C)CCn1ncc(Br)c1C(=O)c1ccc(Cl)c(F)c1. The van der Waals surface area contributed by atoms with E-state index in [1.807, 2.05) is 19.0 Å². The first-order chi connectivity index (χ1) is 9.90. The maximum atomic E-state index is 13.5. The largest absolute Gasteiger partial charge is 0.308 e. The summed E-state index contributed by atoms with van der Waals surface area (Å²) in [6.45, 7) is 1.30. The van der Waals surface area contributed by atoms with E-state index in [0.29, 0.717) is 16.7 Å². The van der Waals surface area contributed by atoms with Crippen molar-refractivity contribution >= 4 is 33.3 Å². The molecule has 0 bridgehead atoms. The fourth-order valence-electron chi connectivity index (χ4n) is 1.83. The Hall–Kier alpha value is -1.24. The molecular formula is C14H14BrClFN3O. The third-order valence-corrected chi connectivity index (χ3v) is 3.84. The third-order valence-electron chi connectivity index (χ3n) is 2.95. The van der Waals surface area contributed by atoms with Crippen LogP contribution >= 0.6 is 27.5 Å². The molecule has 0 amide bonds. The molecule has 1 heterocycles. The predicted molar refractivity (Wildman–Crippen MR) is 83.3 cm³/mol. The van der Waals surface area contributed by atoms with Gasteiger partial charge in [-0.1, -0.05) is 11.6 Å². The Morgan fingerprint density at radius 3 is 2.81 bits per heavy atom. The molecule has 0 radical (unpaired) electrons. The molecule has 21 heavy (non-hydrogen) atoms. The van der Waals surface area contributed by atoms with E-state index in [-0.39, 0.29) is 16.4 Å². The van der Waals surface area contributed by atoms with Gasteiger partial charge in [0, 0.05) is 12.1 Å². The summed E-state index contributed by atoms with van der Waals surface area (Å²) in [4.78, 5) is 14.5. The number of halogens is 3.